The maximum Gasteiger partial charge on any atom is 0.235 e. The molecule has 2 N–H and O–H groups in total. The van der Waals surface area contributed by atoms with Gasteiger partial charge in [0.2, 0.25) is 5.91 Å². The van der Waals surface area contributed by atoms with Crippen LogP contribution in [0.15, 0.2) is 0 Å². The van der Waals surface area contributed by atoms with E-state index in [1.54, 1.807) is 0 Å². The highest BCUT2D eigenvalue weighted by Crippen LogP contribution is 2.41. The summed E-state index contributed by atoms with van der Waals surface area (Å²) in [6.07, 6.45) is 7.41. The molecule has 0 saturated heterocycles. The van der Waals surface area contributed by atoms with Crippen LogP contribution in [0.2, 0.25) is 0 Å². The number of amides is 1. The molecular weight excluding hydrogens is 244 g/mol. The summed E-state index contributed by atoms with van der Waals surface area (Å²) >= 11 is 5.21. The molecule has 0 spiro atoms. The molecule has 2 rings (SSSR count). The Morgan fingerprint density at radius 1 is 1.39 bits per heavy atom. The Morgan fingerprint density at radius 3 is 2.44 bits per heavy atom. The molecule has 102 valence electrons. The van der Waals surface area contributed by atoms with Gasteiger partial charge in [0.15, 0.2) is 0 Å². The summed E-state index contributed by atoms with van der Waals surface area (Å²) in [6.45, 7) is 3.88. The Balaban J connectivity index is 2.11. The standard InChI is InChI=1S/C14H24N2OS/c1-2-9-16(10-11-5-6-11)13(17)14(12(15)18)7-3-4-8-14/h11H,2-10H2,1H3,(H2,15,18). The molecule has 0 bridgehead atoms. The quantitative estimate of drug-likeness (QED) is 0.753. The largest absolute Gasteiger partial charge is 0.392 e. The highest BCUT2D eigenvalue weighted by atomic mass is 32.1. The minimum atomic E-state index is -0.514. The van der Waals surface area contributed by atoms with Crippen molar-refractivity contribution < 1.29 is 4.79 Å². The summed E-state index contributed by atoms with van der Waals surface area (Å²) < 4.78 is 0. The number of carbonyl (C=O) groups excluding carboxylic acids is 1. The van der Waals surface area contributed by atoms with Crippen molar-refractivity contribution in [3.8, 4) is 0 Å². The second kappa shape index (κ2) is 5.55. The zero-order valence-electron chi connectivity index (χ0n) is 11.3. The van der Waals surface area contributed by atoms with Gasteiger partial charge in [-0.25, -0.2) is 0 Å². The normalized spacial score (nSPS) is 21.8. The van der Waals surface area contributed by atoms with Crippen molar-refractivity contribution in [1.82, 2.24) is 4.90 Å². The van der Waals surface area contributed by atoms with Crippen LogP contribution in [0.4, 0.5) is 0 Å². The predicted octanol–water partition coefficient (Wildman–Crippen LogP) is 2.48. The Morgan fingerprint density at radius 2 is 2.00 bits per heavy atom. The van der Waals surface area contributed by atoms with Crippen LogP contribution in [-0.2, 0) is 4.79 Å². The third-order valence-electron chi connectivity index (χ3n) is 4.29. The zero-order valence-corrected chi connectivity index (χ0v) is 12.1. The maximum absolute atomic E-state index is 12.8. The van der Waals surface area contributed by atoms with Gasteiger partial charge in [-0.15, -0.1) is 0 Å². The van der Waals surface area contributed by atoms with Crippen LogP contribution >= 0.6 is 12.2 Å². The average Bonchev–Trinajstić information content (AvgIpc) is 3.01. The third-order valence-corrected chi connectivity index (χ3v) is 4.69. The molecule has 0 unspecified atom stereocenters. The van der Waals surface area contributed by atoms with Crippen LogP contribution in [0, 0.1) is 11.3 Å². The van der Waals surface area contributed by atoms with Gasteiger partial charge in [0.05, 0.1) is 10.4 Å². The van der Waals surface area contributed by atoms with E-state index < -0.39 is 5.41 Å². The van der Waals surface area contributed by atoms with Crippen LogP contribution in [0.3, 0.4) is 0 Å². The molecule has 2 saturated carbocycles. The number of thiocarbonyl (C=S) groups is 1. The fourth-order valence-electron chi connectivity index (χ4n) is 3.00. The Kier molecular flexibility index (Phi) is 4.25. The number of carbonyl (C=O) groups is 1. The number of nitrogens with zero attached hydrogens (tertiary/aromatic N) is 1. The summed E-state index contributed by atoms with van der Waals surface area (Å²) in [4.78, 5) is 15.3. The fraction of sp³-hybridized carbons (Fsp3) is 0.857. The van der Waals surface area contributed by atoms with E-state index in [9.17, 15) is 4.79 Å². The van der Waals surface area contributed by atoms with Crippen molar-refractivity contribution in [2.24, 2.45) is 17.1 Å². The summed E-state index contributed by atoms with van der Waals surface area (Å²) in [6, 6.07) is 0. The van der Waals surface area contributed by atoms with Gasteiger partial charge in [-0.05, 0) is 38.0 Å². The molecule has 3 nitrogen and oxygen atoms in total. The van der Waals surface area contributed by atoms with Crippen molar-refractivity contribution in [1.29, 1.82) is 0 Å². The number of nitrogens with two attached hydrogens (primary N) is 1. The van der Waals surface area contributed by atoms with E-state index >= 15 is 0 Å². The van der Waals surface area contributed by atoms with E-state index in [1.165, 1.54) is 12.8 Å². The smallest absolute Gasteiger partial charge is 0.235 e. The Hall–Kier alpha value is -0.640. The molecule has 18 heavy (non-hydrogen) atoms. The molecular formula is C14H24N2OS. The molecule has 0 atom stereocenters. The van der Waals surface area contributed by atoms with Gasteiger partial charge in [-0.1, -0.05) is 32.0 Å². The van der Waals surface area contributed by atoms with Gasteiger partial charge < -0.3 is 10.6 Å². The van der Waals surface area contributed by atoms with Gasteiger partial charge in [-0.2, -0.15) is 0 Å². The first-order chi connectivity index (χ1) is 8.60. The molecule has 2 aliphatic rings. The summed E-state index contributed by atoms with van der Waals surface area (Å²) in [5.74, 6) is 0.937. The SMILES string of the molecule is CCCN(CC1CC1)C(=O)C1(C(N)=S)CCCC1. The Bertz CT molecular complexity index is 333. The molecule has 0 radical (unpaired) electrons. The van der Waals surface area contributed by atoms with Gasteiger partial charge >= 0.3 is 0 Å². The van der Waals surface area contributed by atoms with Crippen molar-refractivity contribution in [3.63, 3.8) is 0 Å². The lowest BCUT2D eigenvalue weighted by Crippen LogP contribution is -2.50. The van der Waals surface area contributed by atoms with Crippen molar-refractivity contribution >= 4 is 23.1 Å². The molecule has 2 aliphatic carbocycles. The van der Waals surface area contributed by atoms with E-state index in [0.29, 0.717) is 4.99 Å². The lowest BCUT2D eigenvalue weighted by atomic mass is 9.84. The summed E-state index contributed by atoms with van der Waals surface area (Å²) in [5, 5.41) is 0. The molecule has 0 aliphatic heterocycles. The fourth-order valence-corrected chi connectivity index (χ4v) is 3.30. The third kappa shape index (κ3) is 2.68. The minimum absolute atomic E-state index is 0.209. The van der Waals surface area contributed by atoms with Crippen LogP contribution in [0.25, 0.3) is 0 Å². The van der Waals surface area contributed by atoms with Gasteiger partial charge in [0.25, 0.3) is 0 Å². The number of rotatable bonds is 6. The molecule has 0 aromatic heterocycles. The van der Waals surface area contributed by atoms with Crippen molar-refractivity contribution in [2.45, 2.75) is 51.9 Å². The van der Waals surface area contributed by atoms with Gasteiger partial charge in [0, 0.05) is 13.1 Å². The van der Waals surface area contributed by atoms with Crippen molar-refractivity contribution in [3.05, 3.63) is 0 Å². The van der Waals surface area contributed by atoms with E-state index in [0.717, 1.165) is 51.1 Å². The zero-order chi connectivity index (χ0) is 13.2. The first-order valence-electron chi connectivity index (χ1n) is 7.19. The van der Waals surface area contributed by atoms with E-state index in [1.807, 2.05) is 4.90 Å². The summed E-state index contributed by atoms with van der Waals surface area (Å²) in [7, 11) is 0. The maximum atomic E-state index is 12.8. The second-order valence-corrected chi connectivity index (χ2v) is 6.29. The average molecular weight is 268 g/mol. The van der Waals surface area contributed by atoms with E-state index in [4.69, 9.17) is 18.0 Å². The lowest BCUT2D eigenvalue weighted by molar-refractivity contribution is -0.138. The van der Waals surface area contributed by atoms with Gasteiger partial charge in [0.1, 0.15) is 0 Å². The van der Waals surface area contributed by atoms with E-state index in [2.05, 4.69) is 6.92 Å². The van der Waals surface area contributed by atoms with Gasteiger partial charge in [-0.3, -0.25) is 4.79 Å². The van der Waals surface area contributed by atoms with Crippen LogP contribution in [-0.4, -0.2) is 28.9 Å². The monoisotopic (exact) mass is 268 g/mol. The molecule has 1 amide bonds. The Labute approximate surface area is 115 Å². The minimum Gasteiger partial charge on any atom is -0.392 e. The second-order valence-electron chi connectivity index (χ2n) is 5.85. The topological polar surface area (TPSA) is 46.3 Å². The first-order valence-corrected chi connectivity index (χ1v) is 7.60. The van der Waals surface area contributed by atoms with E-state index in [-0.39, 0.29) is 5.91 Å². The highest BCUT2D eigenvalue weighted by Gasteiger charge is 2.46. The summed E-state index contributed by atoms with van der Waals surface area (Å²) in [5.41, 5.74) is 5.38. The van der Waals surface area contributed by atoms with Crippen LogP contribution in [0.5, 0.6) is 0 Å². The molecule has 0 aromatic rings. The molecule has 0 aromatic carbocycles. The first kappa shape index (κ1) is 13.8. The van der Waals surface area contributed by atoms with Crippen LogP contribution in [0.1, 0.15) is 51.9 Å². The number of hydrogen-bond donors (Lipinski definition) is 1. The number of hydrogen-bond acceptors (Lipinski definition) is 2. The lowest BCUT2D eigenvalue weighted by Gasteiger charge is -2.33. The molecule has 0 heterocycles. The highest BCUT2D eigenvalue weighted by molar-refractivity contribution is 7.80. The van der Waals surface area contributed by atoms with Crippen molar-refractivity contribution in [2.75, 3.05) is 13.1 Å². The van der Waals surface area contributed by atoms with Crippen LogP contribution < -0.4 is 5.73 Å². The predicted molar refractivity (Wildman–Crippen MR) is 77.3 cm³/mol. The molecule has 2 fully saturated rings. The molecule has 4 heteroatoms.